The Morgan fingerprint density at radius 1 is 1.33 bits per heavy atom. The average Bonchev–Trinajstić information content (AvgIpc) is 2.32. The number of anilines is 2. The molecule has 0 aliphatic rings. The first kappa shape index (κ1) is 15.0. The van der Waals surface area contributed by atoms with Crippen LogP contribution in [0.25, 0.3) is 0 Å². The number of rotatable bonds is 7. The highest BCUT2D eigenvalue weighted by Gasteiger charge is 2.10. The smallest absolute Gasteiger partial charge is 0.233 e. The normalized spacial score (nSPS) is 11.3. The Labute approximate surface area is 113 Å². The largest absolute Gasteiger partial charge is 0.357 e. The quantitative estimate of drug-likeness (QED) is 0.780. The summed E-state index contributed by atoms with van der Waals surface area (Å²) in [5, 5.41) is 0. The van der Waals surface area contributed by atoms with Gasteiger partial charge < -0.3 is 4.90 Å². The standard InChI is InChI=1S/C11H18ClN3O2S/c1-3-15(4-2)11-6-5-10(9-13-11)14-18(16,17)8-7-12/h5-6,9,14H,3-4,7-8H2,1-2H3. The van der Waals surface area contributed by atoms with E-state index in [2.05, 4.69) is 14.6 Å². The van der Waals surface area contributed by atoms with Gasteiger partial charge >= 0.3 is 0 Å². The molecule has 0 spiro atoms. The predicted molar refractivity (Wildman–Crippen MR) is 75.9 cm³/mol. The molecule has 0 saturated carbocycles. The zero-order valence-electron chi connectivity index (χ0n) is 10.6. The van der Waals surface area contributed by atoms with Crippen molar-refractivity contribution in [2.45, 2.75) is 13.8 Å². The first-order valence-corrected chi connectivity index (χ1v) is 7.98. The van der Waals surface area contributed by atoms with Crippen LogP contribution in [0.4, 0.5) is 11.5 Å². The van der Waals surface area contributed by atoms with Crippen LogP contribution in [0.5, 0.6) is 0 Å². The second kappa shape index (κ2) is 6.80. The first-order chi connectivity index (χ1) is 8.52. The Morgan fingerprint density at radius 3 is 2.44 bits per heavy atom. The Morgan fingerprint density at radius 2 is 2.00 bits per heavy atom. The van der Waals surface area contributed by atoms with Gasteiger partial charge in [-0.05, 0) is 26.0 Å². The monoisotopic (exact) mass is 291 g/mol. The minimum Gasteiger partial charge on any atom is -0.357 e. The van der Waals surface area contributed by atoms with Gasteiger partial charge in [-0.15, -0.1) is 11.6 Å². The molecule has 7 heteroatoms. The number of alkyl halides is 1. The number of sulfonamides is 1. The highest BCUT2D eigenvalue weighted by molar-refractivity contribution is 7.92. The van der Waals surface area contributed by atoms with Gasteiger partial charge in [-0.1, -0.05) is 0 Å². The van der Waals surface area contributed by atoms with Crippen LogP contribution >= 0.6 is 11.6 Å². The minimum atomic E-state index is -3.36. The van der Waals surface area contributed by atoms with E-state index in [4.69, 9.17) is 11.6 Å². The lowest BCUT2D eigenvalue weighted by atomic mass is 10.4. The zero-order valence-corrected chi connectivity index (χ0v) is 12.1. The molecule has 0 aliphatic heterocycles. The number of nitrogens with one attached hydrogen (secondary N) is 1. The minimum absolute atomic E-state index is 0.0697. The third kappa shape index (κ3) is 4.34. The van der Waals surface area contributed by atoms with Crippen LogP contribution in [0.1, 0.15) is 13.8 Å². The van der Waals surface area contributed by atoms with Crippen molar-refractivity contribution in [1.82, 2.24) is 4.98 Å². The van der Waals surface area contributed by atoms with Gasteiger partial charge in [0.05, 0.1) is 17.6 Å². The van der Waals surface area contributed by atoms with Crippen LogP contribution in [-0.2, 0) is 10.0 Å². The lowest BCUT2D eigenvalue weighted by molar-refractivity contribution is 0.602. The fraction of sp³-hybridized carbons (Fsp3) is 0.545. The number of nitrogens with zero attached hydrogens (tertiary/aromatic N) is 2. The van der Waals surface area contributed by atoms with Gasteiger partial charge in [-0.3, -0.25) is 4.72 Å². The van der Waals surface area contributed by atoms with Crippen molar-refractivity contribution in [3.63, 3.8) is 0 Å². The lowest BCUT2D eigenvalue weighted by Crippen LogP contribution is -2.23. The van der Waals surface area contributed by atoms with Crippen LogP contribution in [0.2, 0.25) is 0 Å². The Kier molecular flexibility index (Phi) is 5.68. The Bertz CT molecular complexity index is 458. The molecule has 0 aliphatic carbocycles. The number of aromatic nitrogens is 1. The molecular weight excluding hydrogens is 274 g/mol. The van der Waals surface area contributed by atoms with E-state index in [0.29, 0.717) is 5.69 Å². The van der Waals surface area contributed by atoms with Crippen molar-refractivity contribution in [3.05, 3.63) is 18.3 Å². The molecule has 0 saturated heterocycles. The van der Waals surface area contributed by atoms with E-state index in [9.17, 15) is 8.42 Å². The van der Waals surface area contributed by atoms with Crippen molar-refractivity contribution >= 4 is 33.1 Å². The van der Waals surface area contributed by atoms with Gasteiger partial charge in [0.15, 0.2) is 0 Å². The molecule has 0 radical (unpaired) electrons. The number of hydrogen-bond donors (Lipinski definition) is 1. The van der Waals surface area contributed by atoms with E-state index in [-0.39, 0.29) is 11.6 Å². The molecule has 102 valence electrons. The first-order valence-electron chi connectivity index (χ1n) is 5.79. The molecule has 0 aromatic carbocycles. The highest BCUT2D eigenvalue weighted by atomic mass is 35.5. The zero-order chi connectivity index (χ0) is 13.6. The molecule has 0 unspecified atom stereocenters. The SMILES string of the molecule is CCN(CC)c1ccc(NS(=O)(=O)CCCl)cn1. The molecule has 0 fully saturated rings. The summed E-state index contributed by atoms with van der Waals surface area (Å²) < 4.78 is 25.4. The molecule has 18 heavy (non-hydrogen) atoms. The summed E-state index contributed by atoms with van der Waals surface area (Å²) in [6, 6.07) is 3.50. The van der Waals surface area contributed by atoms with Gasteiger partial charge in [0.1, 0.15) is 5.82 Å². The average molecular weight is 292 g/mol. The van der Waals surface area contributed by atoms with E-state index in [1.807, 2.05) is 13.8 Å². The summed E-state index contributed by atoms with van der Waals surface area (Å²) in [7, 11) is -3.36. The van der Waals surface area contributed by atoms with Crippen molar-refractivity contribution < 1.29 is 8.42 Å². The maximum Gasteiger partial charge on any atom is 0.233 e. The summed E-state index contributed by atoms with van der Waals surface area (Å²) in [6.07, 6.45) is 1.51. The third-order valence-electron chi connectivity index (χ3n) is 2.45. The molecule has 1 aromatic heterocycles. The van der Waals surface area contributed by atoms with Gasteiger partial charge in [0, 0.05) is 19.0 Å². The molecule has 0 amide bonds. The van der Waals surface area contributed by atoms with E-state index in [1.165, 1.54) is 6.20 Å². The fourth-order valence-electron chi connectivity index (χ4n) is 1.51. The van der Waals surface area contributed by atoms with E-state index in [0.717, 1.165) is 18.9 Å². The van der Waals surface area contributed by atoms with Gasteiger partial charge in [0.25, 0.3) is 0 Å². The van der Waals surface area contributed by atoms with Gasteiger partial charge in [-0.2, -0.15) is 0 Å². The maximum atomic E-state index is 11.5. The van der Waals surface area contributed by atoms with E-state index >= 15 is 0 Å². The topological polar surface area (TPSA) is 62.3 Å². The van der Waals surface area contributed by atoms with E-state index < -0.39 is 10.0 Å². The summed E-state index contributed by atoms with van der Waals surface area (Å²) >= 11 is 5.42. The Balaban J connectivity index is 2.77. The van der Waals surface area contributed by atoms with Crippen LogP contribution in [0.15, 0.2) is 18.3 Å². The van der Waals surface area contributed by atoms with Crippen LogP contribution in [-0.4, -0.2) is 38.1 Å². The molecule has 1 heterocycles. The van der Waals surface area contributed by atoms with E-state index in [1.54, 1.807) is 12.1 Å². The number of halogens is 1. The van der Waals surface area contributed by atoms with Crippen LogP contribution < -0.4 is 9.62 Å². The van der Waals surface area contributed by atoms with Crippen molar-refractivity contribution in [1.29, 1.82) is 0 Å². The molecule has 1 rings (SSSR count). The summed E-state index contributed by atoms with van der Waals surface area (Å²) in [5.74, 6) is 0.799. The van der Waals surface area contributed by atoms with Crippen molar-refractivity contribution in [2.24, 2.45) is 0 Å². The second-order valence-electron chi connectivity index (χ2n) is 3.69. The lowest BCUT2D eigenvalue weighted by Gasteiger charge is -2.19. The van der Waals surface area contributed by atoms with Crippen molar-refractivity contribution in [3.8, 4) is 0 Å². The predicted octanol–water partition coefficient (Wildman–Crippen LogP) is 1.91. The Hall–Kier alpha value is -1.01. The summed E-state index contributed by atoms with van der Waals surface area (Å²) in [5.41, 5.74) is 0.455. The molecule has 5 nitrogen and oxygen atoms in total. The third-order valence-corrected chi connectivity index (χ3v) is 4.16. The fourth-order valence-corrected chi connectivity index (χ4v) is 2.91. The molecule has 0 bridgehead atoms. The van der Waals surface area contributed by atoms with Crippen molar-refractivity contribution in [2.75, 3.05) is 34.3 Å². The molecule has 1 aromatic rings. The number of pyridine rings is 1. The van der Waals surface area contributed by atoms with Crippen LogP contribution in [0.3, 0.4) is 0 Å². The highest BCUT2D eigenvalue weighted by Crippen LogP contribution is 2.14. The van der Waals surface area contributed by atoms with Gasteiger partial charge in [-0.25, -0.2) is 13.4 Å². The summed E-state index contributed by atoms with van der Waals surface area (Å²) in [4.78, 5) is 6.31. The van der Waals surface area contributed by atoms with Crippen LogP contribution in [0, 0.1) is 0 Å². The molecular formula is C11H18ClN3O2S. The second-order valence-corrected chi connectivity index (χ2v) is 5.91. The molecule has 0 atom stereocenters. The molecule has 1 N–H and O–H groups in total. The number of hydrogen-bond acceptors (Lipinski definition) is 4. The summed E-state index contributed by atoms with van der Waals surface area (Å²) in [6.45, 7) is 5.81. The van der Waals surface area contributed by atoms with Gasteiger partial charge in [0.2, 0.25) is 10.0 Å². The maximum absolute atomic E-state index is 11.5.